The van der Waals surface area contributed by atoms with Gasteiger partial charge in [0.2, 0.25) is 0 Å². The maximum absolute atomic E-state index is 5.29. The van der Waals surface area contributed by atoms with Gasteiger partial charge in [0.1, 0.15) is 5.75 Å². The van der Waals surface area contributed by atoms with E-state index >= 15 is 0 Å². The number of hydrogen-bond donors (Lipinski definition) is 1. The zero-order chi connectivity index (χ0) is 13.1. The molecule has 100 valence electrons. The highest BCUT2D eigenvalue weighted by atomic mass is 16.5. The lowest BCUT2D eigenvalue weighted by Gasteiger charge is -2.20. The maximum atomic E-state index is 5.29. The van der Waals surface area contributed by atoms with Crippen molar-refractivity contribution in [2.45, 2.75) is 26.3 Å². The molecular weight excluding hydrogens is 224 g/mol. The third-order valence-corrected chi connectivity index (χ3v) is 3.59. The van der Waals surface area contributed by atoms with E-state index in [1.807, 2.05) is 6.07 Å². The molecule has 1 N–H and O–H groups in total. The molecule has 0 unspecified atom stereocenters. The lowest BCUT2D eigenvalue weighted by atomic mass is 10.1. The fourth-order valence-corrected chi connectivity index (χ4v) is 2.05. The number of aromatic nitrogens is 1. The van der Waals surface area contributed by atoms with Crippen molar-refractivity contribution in [1.29, 1.82) is 0 Å². The average Bonchev–Trinajstić information content (AvgIpc) is 2.77. The van der Waals surface area contributed by atoms with Crippen LogP contribution >= 0.6 is 0 Å². The SMILES string of the molecule is COc1ccc2[nH]cc(CCN(C)C(C)C)c2c1.[HH]. The van der Waals surface area contributed by atoms with Crippen LogP contribution in [-0.4, -0.2) is 36.6 Å². The van der Waals surface area contributed by atoms with Crippen LogP contribution in [0.4, 0.5) is 0 Å². The van der Waals surface area contributed by atoms with Crippen molar-refractivity contribution >= 4 is 10.9 Å². The Labute approximate surface area is 110 Å². The first-order chi connectivity index (χ1) is 8.61. The Morgan fingerprint density at radius 2 is 2.17 bits per heavy atom. The number of methoxy groups -OCH3 is 1. The van der Waals surface area contributed by atoms with Crippen LogP contribution in [-0.2, 0) is 6.42 Å². The van der Waals surface area contributed by atoms with Crippen LogP contribution in [0, 0.1) is 0 Å². The minimum Gasteiger partial charge on any atom is -0.497 e. The summed E-state index contributed by atoms with van der Waals surface area (Å²) in [7, 11) is 3.88. The summed E-state index contributed by atoms with van der Waals surface area (Å²) in [4.78, 5) is 5.68. The van der Waals surface area contributed by atoms with E-state index in [0.717, 1.165) is 18.7 Å². The number of nitrogens with zero attached hydrogens (tertiary/aromatic N) is 1. The van der Waals surface area contributed by atoms with E-state index in [2.05, 4.69) is 49.1 Å². The second-order valence-electron chi connectivity index (χ2n) is 5.05. The number of nitrogens with one attached hydrogen (secondary N) is 1. The van der Waals surface area contributed by atoms with Gasteiger partial charge in [-0.3, -0.25) is 0 Å². The molecule has 0 radical (unpaired) electrons. The summed E-state index contributed by atoms with van der Waals surface area (Å²) in [6.45, 7) is 5.51. The Morgan fingerprint density at radius 3 is 2.83 bits per heavy atom. The number of rotatable bonds is 5. The van der Waals surface area contributed by atoms with E-state index < -0.39 is 0 Å². The van der Waals surface area contributed by atoms with E-state index in [1.165, 1.54) is 16.5 Å². The molecule has 3 nitrogen and oxygen atoms in total. The smallest absolute Gasteiger partial charge is 0.119 e. The summed E-state index contributed by atoms with van der Waals surface area (Å²) in [5.41, 5.74) is 2.54. The summed E-state index contributed by atoms with van der Waals surface area (Å²) in [6, 6.07) is 6.76. The minimum absolute atomic E-state index is 0. The molecule has 2 rings (SSSR count). The number of ether oxygens (including phenoxy) is 1. The van der Waals surface area contributed by atoms with Gasteiger partial charge in [-0.05, 0) is 51.1 Å². The molecule has 0 saturated carbocycles. The summed E-state index contributed by atoms with van der Waals surface area (Å²) < 4.78 is 5.29. The summed E-state index contributed by atoms with van der Waals surface area (Å²) in [6.07, 6.45) is 3.17. The fourth-order valence-electron chi connectivity index (χ4n) is 2.05. The molecule has 0 fully saturated rings. The Bertz CT molecular complexity index is 522. The zero-order valence-electron chi connectivity index (χ0n) is 11.7. The predicted octanol–water partition coefficient (Wildman–Crippen LogP) is 3.31. The second kappa shape index (κ2) is 5.44. The zero-order valence-corrected chi connectivity index (χ0v) is 11.7. The quantitative estimate of drug-likeness (QED) is 0.879. The van der Waals surface area contributed by atoms with Crippen molar-refractivity contribution in [3.8, 4) is 5.75 Å². The van der Waals surface area contributed by atoms with Gasteiger partial charge >= 0.3 is 0 Å². The molecule has 0 aliphatic heterocycles. The van der Waals surface area contributed by atoms with Crippen LogP contribution in [0.2, 0.25) is 0 Å². The largest absolute Gasteiger partial charge is 0.497 e. The molecule has 0 aliphatic carbocycles. The molecule has 1 aromatic heterocycles. The van der Waals surface area contributed by atoms with Crippen LogP contribution in [0.25, 0.3) is 10.9 Å². The molecule has 0 saturated heterocycles. The van der Waals surface area contributed by atoms with Gasteiger partial charge in [0.05, 0.1) is 7.11 Å². The molecule has 0 atom stereocenters. The number of benzene rings is 1. The van der Waals surface area contributed by atoms with Gasteiger partial charge in [-0.2, -0.15) is 0 Å². The predicted molar refractivity (Wildman–Crippen MR) is 78.4 cm³/mol. The average molecular weight is 248 g/mol. The van der Waals surface area contributed by atoms with E-state index in [0.29, 0.717) is 6.04 Å². The van der Waals surface area contributed by atoms with Crippen molar-refractivity contribution in [3.63, 3.8) is 0 Å². The van der Waals surface area contributed by atoms with Crippen LogP contribution < -0.4 is 4.74 Å². The Balaban J connectivity index is 0.00000180. The molecule has 18 heavy (non-hydrogen) atoms. The monoisotopic (exact) mass is 248 g/mol. The molecule has 0 aliphatic rings. The Hall–Kier alpha value is -1.48. The van der Waals surface area contributed by atoms with Gasteiger partial charge in [-0.25, -0.2) is 0 Å². The summed E-state index contributed by atoms with van der Waals surface area (Å²) >= 11 is 0. The van der Waals surface area contributed by atoms with Gasteiger partial charge < -0.3 is 14.6 Å². The molecule has 1 aromatic carbocycles. The van der Waals surface area contributed by atoms with Crippen molar-refractivity contribution in [3.05, 3.63) is 30.0 Å². The highest BCUT2D eigenvalue weighted by Gasteiger charge is 2.08. The van der Waals surface area contributed by atoms with E-state index in [9.17, 15) is 0 Å². The second-order valence-corrected chi connectivity index (χ2v) is 5.05. The molecular formula is C15H24N2O. The lowest BCUT2D eigenvalue weighted by molar-refractivity contribution is 0.278. The maximum Gasteiger partial charge on any atom is 0.119 e. The third-order valence-electron chi connectivity index (χ3n) is 3.59. The van der Waals surface area contributed by atoms with Gasteiger partial charge in [-0.1, -0.05) is 0 Å². The first kappa shape index (κ1) is 13.0. The molecule has 2 aromatic rings. The van der Waals surface area contributed by atoms with Crippen LogP contribution in [0.15, 0.2) is 24.4 Å². The first-order valence-corrected chi connectivity index (χ1v) is 6.46. The van der Waals surface area contributed by atoms with Crippen LogP contribution in [0.3, 0.4) is 0 Å². The lowest BCUT2D eigenvalue weighted by Crippen LogP contribution is -2.28. The van der Waals surface area contributed by atoms with Crippen molar-refractivity contribution in [2.75, 3.05) is 20.7 Å². The molecule has 0 spiro atoms. The number of aromatic amines is 1. The normalized spacial score (nSPS) is 11.7. The Kier molecular flexibility index (Phi) is 3.92. The summed E-state index contributed by atoms with van der Waals surface area (Å²) in [5.74, 6) is 0.917. The summed E-state index contributed by atoms with van der Waals surface area (Å²) in [5, 5.41) is 1.27. The van der Waals surface area contributed by atoms with E-state index in [1.54, 1.807) is 7.11 Å². The number of hydrogen-bond acceptors (Lipinski definition) is 2. The molecule has 0 bridgehead atoms. The van der Waals surface area contributed by atoms with Crippen molar-refractivity contribution < 1.29 is 6.16 Å². The Morgan fingerprint density at radius 1 is 1.39 bits per heavy atom. The third kappa shape index (κ3) is 2.67. The highest BCUT2D eigenvalue weighted by Crippen LogP contribution is 2.24. The first-order valence-electron chi connectivity index (χ1n) is 6.46. The standard InChI is InChI=1S/C15H22N2O.H2/c1-11(2)17(3)8-7-12-10-16-15-6-5-13(18-4)9-14(12)15;/h5-6,9-11,16H,7-8H2,1-4H3;1H. The number of H-pyrrole nitrogens is 1. The van der Waals surface area contributed by atoms with Gasteiger partial charge in [0.15, 0.2) is 0 Å². The van der Waals surface area contributed by atoms with Crippen LogP contribution in [0.1, 0.15) is 20.8 Å². The molecule has 1 heterocycles. The highest BCUT2D eigenvalue weighted by molar-refractivity contribution is 5.84. The van der Waals surface area contributed by atoms with Crippen molar-refractivity contribution in [1.82, 2.24) is 9.88 Å². The van der Waals surface area contributed by atoms with Crippen molar-refractivity contribution in [2.24, 2.45) is 0 Å². The fraction of sp³-hybridized carbons (Fsp3) is 0.467. The topological polar surface area (TPSA) is 28.3 Å². The van der Waals surface area contributed by atoms with Gasteiger partial charge in [0, 0.05) is 31.1 Å². The van der Waals surface area contributed by atoms with E-state index in [-0.39, 0.29) is 1.43 Å². The van der Waals surface area contributed by atoms with Gasteiger partial charge in [0.25, 0.3) is 0 Å². The van der Waals surface area contributed by atoms with E-state index in [4.69, 9.17) is 4.74 Å². The van der Waals surface area contributed by atoms with Crippen LogP contribution in [0.5, 0.6) is 5.75 Å². The number of likely N-dealkylation sites (N-methyl/N-ethyl adjacent to an activating group) is 1. The molecule has 3 heteroatoms. The van der Waals surface area contributed by atoms with Gasteiger partial charge in [-0.15, -0.1) is 0 Å². The minimum atomic E-state index is 0. The molecule has 0 amide bonds. The number of fused-ring (bicyclic) bond motifs is 1.